The van der Waals surface area contributed by atoms with Crippen LogP contribution in [0, 0.1) is 0 Å². The summed E-state index contributed by atoms with van der Waals surface area (Å²) in [6, 6.07) is 8.82. The van der Waals surface area contributed by atoms with Crippen molar-refractivity contribution in [3.63, 3.8) is 0 Å². The third-order valence-electron chi connectivity index (χ3n) is 4.35. The normalized spacial score (nSPS) is 16.6. The lowest BCUT2D eigenvalue weighted by atomic mass is 10.2. The lowest BCUT2D eigenvalue weighted by Gasteiger charge is -2.23. The number of likely N-dealkylation sites (tertiary alicyclic amines) is 1. The molecule has 3 aromatic rings. The Morgan fingerprint density at radius 2 is 2.19 bits per heavy atom. The predicted octanol–water partition coefficient (Wildman–Crippen LogP) is 2.57. The van der Waals surface area contributed by atoms with Crippen LogP contribution >= 0.6 is 11.3 Å². The van der Waals surface area contributed by atoms with Gasteiger partial charge in [-0.3, -0.25) is 9.59 Å². The van der Waals surface area contributed by atoms with Crippen LogP contribution < -0.4 is 5.32 Å². The van der Waals surface area contributed by atoms with Gasteiger partial charge in [-0.1, -0.05) is 6.07 Å². The van der Waals surface area contributed by atoms with Gasteiger partial charge < -0.3 is 10.2 Å². The first-order chi connectivity index (χ1) is 12.7. The van der Waals surface area contributed by atoms with Crippen molar-refractivity contribution in [1.82, 2.24) is 19.7 Å². The molecule has 1 atom stereocenters. The van der Waals surface area contributed by atoms with Crippen LogP contribution in [0.2, 0.25) is 0 Å². The van der Waals surface area contributed by atoms with Crippen molar-refractivity contribution in [2.24, 2.45) is 0 Å². The summed E-state index contributed by atoms with van der Waals surface area (Å²) < 4.78 is 1.73. The highest BCUT2D eigenvalue weighted by Crippen LogP contribution is 2.22. The van der Waals surface area contributed by atoms with Crippen LogP contribution in [0.3, 0.4) is 0 Å². The van der Waals surface area contributed by atoms with E-state index in [1.54, 1.807) is 26.7 Å². The molecule has 0 saturated carbocycles. The zero-order valence-electron chi connectivity index (χ0n) is 13.9. The lowest BCUT2D eigenvalue weighted by Crippen LogP contribution is -2.43. The molecule has 0 radical (unpaired) electrons. The van der Waals surface area contributed by atoms with Crippen LogP contribution in [0.1, 0.15) is 23.3 Å². The summed E-state index contributed by atoms with van der Waals surface area (Å²) >= 11 is 1.37. The van der Waals surface area contributed by atoms with E-state index in [0.717, 1.165) is 12.1 Å². The molecule has 0 bridgehead atoms. The molecule has 7 nitrogen and oxygen atoms in total. The van der Waals surface area contributed by atoms with E-state index in [4.69, 9.17) is 0 Å². The minimum atomic E-state index is -0.474. The molecule has 1 aliphatic rings. The molecule has 0 spiro atoms. The largest absolute Gasteiger partial charge is 0.325 e. The second kappa shape index (κ2) is 7.09. The number of anilines is 1. The third kappa shape index (κ3) is 3.23. The Morgan fingerprint density at radius 1 is 1.27 bits per heavy atom. The van der Waals surface area contributed by atoms with Crippen molar-refractivity contribution in [2.75, 3.05) is 11.9 Å². The summed E-state index contributed by atoms with van der Waals surface area (Å²) in [5, 5.41) is 8.83. The fraction of sp³-hybridized carbons (Fsp3) is 0.222. The van der Waals surface area contributed by atoms with Gasteiger partial charge in [0, 0.05) is 30.0 Å². The molecular formula is C18H17N5O2S. The van der Waals surface area contributed by atoms with Gasteiger partial charge in [-0.15, -0.1) is 11.3 Å². The molecule has 0 unspecified atom stereocenters. The van der Waals surface area contributed by atoms with E-state index < -0.39 is 6.04 Å². The number of rotatable bonds is 4. The van der Waals surface area contributed by atoms with Crippen LogP contribution in [0.25, 0.3) is 5.69 Å². The molecule has 1 N–H and O–H groups in total. The first-order valence-electron chi connectivity index (χ1n) is 8.32. The number of nitrogens with one attached hydrogen (secondary N) is 1. The van der Waals surface area contributed by atoms with E-state index in [2.05, 4.69) is 15.4 Å². The topological polar surface area (TPSA) is 80.1 Å². The first-order valence-corrected chi connectivity index (χ1v) is 9.27. The van der Waals surface area contributed by atoms with E-state index in [1.165, 1.54) is 11.3 Å². The zero-order valence-corrected chi connectivity index (χ0v) is 14.7. The van der Waals surface area contributed by atoms with Gasteiger partial charge >= 0.3 is 0 Å². The number of nitrogens with zero attached hydrogens (tertiary/aromatic N) is 4. The van der Waals surface area contributed by atoms with E-state index >= 15 is 0 Å². The Morgan fingerprint density at radius 3 is 2.96 bits per heavy atom. The van der Waals surface area contributed by atoms with Gasteiger partial charge in [0.15, 0.2) is 0 Å². The van der Waals surface area contributed by atoms with Crippen molar-refractivity contribution in [3.8, 4) is 5.69 Å². The Kier molecular flexibility index (Phi) is 4.49. The summed E-state index contributed by atoms with van der Waals surface area (Å²) in [5.74, 6) is -0.363. The highest BCUT2D eigenvalue weighted by Gasteiger charge is 2.35. The molecule has 0 aliphatic carbocycles. The molecule has 2 aromatic heterocycles. The molecule has 132 valence electrons. The minimum Gasteiger partial charge on any atom is -0.325 e. The van der Waals surface area contributed by atoms with Crippen molar-refractivity contribution in [1.29, 1.82) is 0 Å². The van der Waals surface area contributed by atoms with E-state index in [-0.39, 0.29) is 11.8 Å². The number of thiazole rings is 1. The molecule has 1 saturated heterocycles. The second-order valence-corrected chi connectivity index (χ2v) is 6.74. The summed E-state index contributed by atoms with van der Waals surface area (Å²) in [6.45, 7) is 0.571. The van der Waals surface area contributed by atoms with Crippen LogP contribution in [0.15, 0.2) is 53.6 Å². The molecule has 1 aliphatic heterocycles. The number of hydrogen-bond acceptors (Lipinski definition) is 5. The summed E-state index contributed by atoms with van der Waals surface area (Å²) in [4.78, 5) is 31.0. The van der Waals surface area contributed by atoms with Crippen molar-refractivity contribution < 1.29 is 9.59 Å². The standard InChI is InChI=1S/C18H17N5O2S/c24-17(16-6-2-8-22(16)18(25)15-11-26-12-19-15)21-13-4-1-5-14(10-13)23-9-3-7-20-23/h1,3-5,7,9-12,16H,2,6,8H2,(H,21,24)/t16-/m1/s1. The van der Waals surface area contributed by atoms with Gasteiger partial charge in [0.1, 0.15) is 11.7 Å². The van der Waals surface area contributed by atoms with Gasteiger partial charge in [-0.2, -0.15) is 5.10 Å². The highest BCUT2D eigenvalue weighted by molar-refractivity contribution is 7.07. The molecule has 1 fully saturated rings. The Bertz CT molecular complexity index is 908. The number of benzene rings is 1. The quantitative estimate of drug-likeness (QED) is 0.769. The average Bonchev–Trinajstić information content (AvgIpc) is 3.44. The molecule has 4 rings (SSSR count). The number of carbonyl (C=O) groups excluding carboxylic acids is 2. The fourth-order valence-electron chi connectivity index (χ4n) is 3.12. The van der Waals surface area contributed by atoms with Gasteiger partial charge in [0.25, 0.3) is 5.91 Å². The van der Waals surface area contributed by atoms with E-state index in [0.29, 0.717) is 24.3 Å². The molecule has 1 aromatic carbocycles. The van der Waals surface area contributed by atoms with Crippen molar-refractivity contribution in [3.05, 3.63) is 59.3 Å². The van der Waals surface area contributed by atoms with Gasteiger partial charge in [-0.05, 0) is 37.1 Å². The van der Waals surface area contributed by atoms with Crippen molar-refractivity contribution in [2.45, 2.75) is 18.9 Å². The fourth-order valence-corrected chi connectivity index (χ4v) is 3.65. The molecular weight excluding hydrogens is 350 g/mol. The summed E-state index contributed by atoms with van der Waals surface area (Å²) in [7, 11) is 0. The summed E-state index contributed by atoms with van der Waals surface area (Å²) in [5.41, 5.74) is 3.56. The second-order valence-electron chi connectivity index (χ2n) is 6.02. The van der Waals surface area contributed by atoms with Gasteiger partial charge in [0.05, 0.1) is 11.2 Å². The van der Waals surface area contributed by atoms with Gasteiger partial charge in [-0.25, -0.2) is 9.67 Å². The number of hydrogen-bond donors (Lipinski definition) is 1. The SMILES string of the molecule is O=C(Nc1cccc(-n2cccn2)c1)[C@H]1CCCN1C(=O)c1cscn1. The Hall–Kier alpha value is -3.00. The number of amides is 2. The average molecular weight is 367 g/mol. The van der Waals surface area contributed by atoms with Crippen LogP contribution in [0.4, 0.5) is 5.69 Å². The summed E-state index contributed by atoms with van der Waals surface area (Å²) in [6.07, 6.45) is 5.00. The minimum absolute atomic E-state index is 0.177. The van der Waals surface area contributed by atoms with E-state index in [9.17, 15) is 9.59 Å². The van der Waals surface area contributed by atoms with Crippen molar-refractivity contribution >= 4 is 28.8 Å². The number of carbonyl (C=O) groups is 2. The molecule has 8 heteroatoms. The Labute approximate surface area is 154 Å². The smallest absolute Gasteiger partial charge is 0.274 e. The molecule has 26 heavy (non-hydrogen) atoms. The first kappa shape index (κ1) is 16.5. The lowest BCUT2D eigenvalue weighted by molar-refractivity contribution is -0.119. The number of aromatic nitrogens is 3. The Balaban J connectivity index is 1.49. The maximum atomic E-state index is 12.8. The van der Waals surface area contributed by atoms with E-state index in [1.807, 2.05) is 36.5 Å². The monoisotopic (exact) mass is 367 g/mol. The predicted molar refractivity (Wildman–Crippen MR) is 98.4 cm³/mol. The maximum Gasteiger partial charge on any atom is 0.274 e. The third-order valence-corrected chi connectivity index (χ3v) is 4.94. The zero-order chi connectivity index (χ0) is 17.9. The highest BCUT2D eigenvalue weighted by atomic mass is 32.1. The molecule has 3 heterocycles. The van der Waals surface area contributed by atoms with Crippen LogP contribution in [-0.4, -0.2) is 44.1 Å². The molecule has 2 amide bonds. The van der Waals surface area contributed by atoms with Crippen LogP contribution in [-0.2, 0) is 4.79 Å². The van der Waals surface area contributed by atoms with Gasteiger partial charge in [0.2, 0.25) is 5.91 Å². The van der Waals surface area contributed by atoms with Crippen LogP contribution in [0.5, 0.6) is 0 Å². The maximum absolute atomic E-state index is 12.8.